The second kappa shape index (κ2) is 6.27. The minimum absolute atomic E-state index is 0. The van der Waals surface area contributed by atoms with E-state index in [2.05, 4.69) is 0 Å². The van der Waals surface area contributed by atoms with Crippen molar-refractivity contribution < 1.29 is 41.9 Å². The number of rotatable bonds is 4. The molecule has 4 nitrogen and oxygen atoms in total. The first-order valence-electron chi connectivity index (χ1n) is 2.73. The van der Waals surface area contributed by atoms with Crippen LogP contribution in [0.1, 0.15) is 19.8 Å². The van der Waals surface area contributed by atoms with Gasteiger partial charge in [0.2, 0.25) is 0 Å². The maximum Gasteiger partial charge on any atom is 1.00 e. The SMILES string of the molecule is CC(=O)CC(=O)CC(=O)[O-].[Ag+]. The third-order valence-electron chi connectivity index (χ3n) is 0.788. The molecule has 0 radical (unpaired) electrons. The fourth-order valence-corrected chi connectivity index (χ4v) is 0.501. The summed E-state index contributed by atoms with van der Waals surface area (Å²) >= 11 is 0. The van der Waals surface area contributed by atoms with Crippen molar-refractivity contribution in [1.29, 1.82) is 0 Å². The summed E-state index contributed by atoms with van der Waals surface area (Å²) in [6.45, 7) is 1.23. The number of carbonyl (C=O) groups is 3. The van der Waals surface area contributed by atoms with Gasteiger partial charge in [0.1, 0.15) is 11.6 Å². The van der Waals surface area contributed by atoms with Crippen LogP contribution in [0.4, 0.5) is 0 Å². The Hall–Kier alpha value is -0.450. The maximum atomic E-state index is 10.4. The van der Waals surface area contributed by atoms with Crippen LogP contribution in [0.25, 0.3) is 0 Å². The van der Waals surface area contributed by atoms with Gasteiger partial charge in [0.05, 0.1) is 6.42 Å². The average molecular weight is 251 g/mol. The molecular weight excluding hydrogens is 244 g/mol. The van der Waals surface area contributed by atoms with E-state index in [9.17, 15) is 19.5 Å². The molecule has 0 spiro atoms. The smallest absolute Gasteiger partial charge is 0.550 e. The monoisotopic (exact) mass is 250 g/mol. The second-order valence-corrected chi connectivity index (χ2v) is 1.97. The Morgan fingerprint density at radius 3 is 1.91 bits per heavy atom. The molecule has 0 amide bonds. The minimum atomic E-state index is -1.44. The van der Waals surface area contributed by atoms with Crippen molar-refractivity contribution in [1.82, 2.24) is 0 Å². The minimum Gasteiger partial charge on any atom is -0.550 e. The zero-order valence-electron chi connectivity index (χ0n) is 5.85. The summed E-state index contributed by atoms with van der Waals surface area (Å²) in [6, 6.07) is 0. The Balaban J connectivity index is 0. The predicted octanol–water partition coefficient (Wildman–Crippen LogP) is -1.33. The molecule has 0 unspecified atom stereocenters. The largest absolute Gasteiger partial charge is 1.00 e. The van der Waals surface area contributed by atoms with Crippen LogP contribution in [0.15, 0.2) is 0 Å². The molecule has 0 saturated heterocycles. The number of Topliss-reactive ketones (excluding diaryl/α,β-unsaturated/α-hetero) is 2. The molecular formula is C6H7AgO4. The first kappa shape index (κ1) is 13.2. The fraction of sp³-hybridized carbons (Fsp3) is 0.500. The molecule has 0 fully saturated rings. The number of hydrogen-bond donors (Lipinski definition) is 0. The van der Waals surface area contributed by atoms with Gasteiger partial charge in [0.15, 0.2) is 0 Å². The third kappa shape index (κ3) is 9.55. The summed E-state index contributed by atoms with van der Waals surface area (Å²) in [5.41, 5.74) is 0. The van der Waals surface area contributed by atoms with E-state index in [4.69, 9.17) is 0 Å². The zero-order valence-corrected chi connectivity index (χ0v) is 7.33. The number of carbonyl (C=O) groups excluding carboxylic acids is 3. The van der Waals surface area contributed by atoms with Gasteiger partial charge in [-0.15, -0.1) is 0 Å². The summed E-state index contributed by atoms with van der Waals surface area (Å²) in [4.78, 5) is 30.4. The van der Waals surface area contributed by atoms with E-state index >= 15 is 0 Å². The van der Waals surface area contributed by atoms with Crippen molar-refractivity contribution in [2.45, 2.75) is 19.8 Å². The Morgan fingerprint density at radius 1 is 1.18 bits per heavy atom. The van der Waals surface area contributed by atoms with Crippen molar-refractivity contribution in [3.8, 4) is 0 Å². The van der Waals surface area contributed by atoms with E-state index < -0.39 is 18.2 Å². The number of hydrogen-bond acceptors (Lipinski definition) is 4. The Morgan fingerprint density at radius 2 is 1.64 bits per heavy atom. The first-order chi connectivity index (χ1) is 4.52. The summed E-state index contributed by atoms with van der Waals surface area (Å²) in [5.74, 6) is -2.37. The molecule has 0 N–H and O–H groups in total. The molecule has 0 aliphatic rings. The molecule has 0 aliphatic carbocycles. The number of carboxylic acids is 1. The van der Waals surface area contributed by atoms with Crippen LogP contribution in [0.3, 0.4) is 0 Å². The molecule has 11 heavy (non-hydrogen) atoms. The zero-order chi connectivity index (χ0) is 8.15. The standard InChI is InChI=1S/C6H8O4.Ag/c1-4(7)2-5(8)3-6(9)10;/h2-3H2,1H3,(H,9,10);/q;+1/p-1. The molecule has 0 aromatic heterocycles. The van der Waals surface area contributed by atoms with Crippen LogP contribution in [-0.4, -0.2) is 17.5 Å². The molecule has 0 aromatic rings. The average Bonchev–Trinajstić information content (AvgIpc) is 1.58. The molecule has 0 rings (SSSR count). The Kier molecular flexibility index (Phi) is 7.51. The number of ketones is 2. The van der Waals surface area contributed by atoms with E-state index in [-0.39, 0.29) is 34.6 Å². The van der Waals surface area contributed by atoms with E-state index in [0.29, 0.717) is 0 Å². The van der Waals surface area contributed by atoms with Crippen molar-refractivity contribution in [3.05, 3.63) is 0 Å². The van der Waals surface area contributed by atoms with Crippen molar-refractivity contribution in [2.24, 2.45) is 0 Å². The van der Waals surface area contributed by atoms with Gasteiger partial charge in [-0.25, -0.2) is 0 Å². The van der Waals surface area contributed by atoms with Crippen LogP contribution in [-0.2, 0) is 36.8 Å². The topological polar surface area (TPSA) is 74.3 Å². The van der Waals surface area contributed by atoms with Crippen LogP contribution in [0, 0.1) is 0 Å². The molecule has 66 valence electrons. The maximum absolute atomic E-state index is 10.4. The van der Waals surface area contributed by atoms with Gasteiger partial charge in [-0.3, -0.25) is 9.59 Å². The summed E-state index contributed by atoms with van der Waals surface area (Å²) in [5, 5.41) is 9.75. The van der Waals surface area contributed by atoms with Crippen LogP contribution >= 0.6 is 0 Å². The van der Waals surface area contributed by atoms with Crippen LogP contribution in [0.2, 0.25) is 0 Å². The first-order valence-corrected chi connectivity index (χ1v) is 2.73. The van der Waals surface area contributed by atoms with Gasteiger partial charge in [-0.1, -0.05) is 0 Å². The molecule has 0 aromatic carbocycles. The predicted molar refractivity (Wildman–Crippen MR) is 29.9 cm³/mol. The third-order valence-corrected chi connectivity index (χ3v) is 0.788. The van der Waals surface area contributed by atoms with Crippen LogP contribution < -0.4 is 5.11 Å². The molecule has 0 heterocycles. The summed E-state index contributed by atoms with van der Waals surface area (Å²) in [6.07, 6.45) is -0.979. The fourth-order valence-electron chi connectivity index (χ4n) is 0.501. The van der Waals surface area contributed by atoms with Crippen LogP contribution in [0.5, 0.6) is 0 Å². The molecule has 0 aliphatic heterocycles. The molecule has 0 bridgehead atoms. The van der Waals surface area contributed by atoms with Gasteiger partial charge in [-0.05, 0) is 6.92 Å². The molecule has 0 saturated carbocycles. The Bertz CT molecular complexity index is 157. The van der Waals surface area contributed by atoms with Gasteiger partial charge < -0.3 is 9.90 Å². The van der Waals surface area contributed by atoms with Crippen molar-refractivity contribution in [3.63, 3.8) is 0 Å². The van der Waals surface area contributed by atoms with E-state index in [1.54, 1.807) is 0 Å². The van der Waals surface area contributed by atoms with Crippen molar-refractivity contribution in [2.75, 3.05) is 0 Å². The van der Waals surface area contributed by atoms with Gasteiger partial charge in [-0.2, -0.15) is 0 Å². The summed E-state index contributed by atoms with van der Waals surface area (Å²) in [7, 11) is 0. The van der Waals surface area contributed by atoms with Gasteiger partial charge in [0.25, 0.3) is 0 Å². The van der Waals surface area contributed by atoms with E-state index in [1.165, 1.54) is 6.92 Å². The van der Waals surface area contributed by atoms with Gasteiger partial charge in [0, 0.05) is 12.4 Å². The van der Waals surface area contributed by atoms with E-state index in [0.717, 1.165) is 0 Å². The molecule has 5 heteroatoms. The Labute approximate surface area is 79.5 Å². The van der Waals surface area contributed by atoms with E-state index in [1.807, 2.05) is 0 Å². The number of carboxylic acid groups (broad SMARTS) is 1. The normalized spacial score (nSPS) is 8.09. The van der Waals surface area contributed by atoms with Crippen molar-refractivity contribution >= 4 is 17.5 Å². The quantitative estimate of drug-likeness (QED) is 0.458. The molecule has 0 atom stereocenters. The second-order valence-electron chi connectivity index (χ2n) is 1.97. The summed E-state index contributed by atoms with van der Waals surface area (Å²) < 4.78 is 0. The van der Waals surface area contributed by atoms with Gasteiger partial charge >= 0.3 is 22.4 Å². The number of aliphatic carboxylic acids is 1.